The van der Waals surface area contributed by atoms with Gasteiger partial charge in [0.25, 0.3) is 0 Å². The minimum absolute atomic E-state index is 0.751. The second kappa shape index (κ2) is 11.2. The topological polar surface area (TPSA) is 12.5 Å². The Labute approximate surface area is 193 Å². The molecular formula is C30H35NO. The summed E-state index contributed by atoms with van der Waals surface area (Å²) in [6, 6.07) is 30.1. The highest BCUT2D eigenvalue weighted by Gasteiger charge is 2.20. The zero-order valence-corrected chi connectivity index (χ0v) is 19.5. The summed E-state index contributed by atoms with van der Waals surface area (Å²) in [6.07, 6.45) is 3.60. The van der Waals surface area contributed by atoms with Crippen LogP contribution in [0.25, 0.3) is 11.1 Å². The zero-order chi connectivity index (χ0) is 22.2. The predicted octanol–water partition coefficient (Wildman–Crippen LogP) is 7.17. The SMILES string of the molecule is CC/C(=C(/c1ccccc1)c1ccc(OCCN2CC[C@H](CC)C2)cc1)c1ccccc1. The minimum atomic E-state index is 0.751. The number of ether oxygens (including phenoxy) is 1. The van der Waals surface area contributed by atoms with E-state index in [2.05, 4.69) is 104 Å². The average Bonchev–Trinajstić information content (AvgIpc) is 3.32. The maximum absolute atomic E-state index is 6.09. The van der Waals surface area contributed by atoms with E-state index in [1.54, 1.807) is 0 Å². The predicted molar refractivity (Wildman–Crippen MR) is 136 cm³/mol. The number of benzene rings is 3. The summed E-state index contributed by atoms with van der Waals surface area (Å²) in [5.74, 6) is 1.82. The summed E-state index contributed by atoms with van der Waals surface area (Å²) < 4.78 is 6.09. The van der Waals surface area contributed by atoms with Crippen LogP contribution in [0, 0.1) is 5.92 Å². The molecule has 3 aromatic carbocycles. The highest BCUT2D eigenvalue weighted by Crippen LogP contribution is 2.34. The first-order chi connectivity index (χ1) is 15.8. The van der Waals surface area contributed by atoms with Gasteiger partial charge in [-0.15, -0.1) is 0 Å². The van der Waals surface area contributed by atoms with Crippen LogP contribution in [-0.4, -0.2) is 31.1 Å². The molecule has 1 saturated heterocycles. The van der Waals surface area contributed by atoms with Crippen LogP contribution in [0.5, 0.6) is 5.75 Å². The van der Waals surface area contributed by atoms with Gasteiger partial charge in [0.2, 0.25) is 0 Å². The van der Waals surface area contributed by atoms with Gasteiger partial charge < -0.3 is 4.74 Å². The molecule has 3 aromatic rings. The summed E-state index contributed by atoms with van der Waals surface area (Å²) in [7, 11) is 0. The molecule has 1 heterocycles. The van der Waals surface area contributed by atoms with Gasteiger partial charge in [0.15, 0.2) is 0 Å². The molecule has 166 valence electrons. The quantitative estimate of drug-likeness (QED) is 0.337. The van der Waals surface area contributed by atoms with Crippen molar-refractivity contribution in [2.75, 3.05) is 26.2 Å². The molecule has 0 spiro atoms. The van der Waals surface area contributed by atoms with E-state index in [1.165, 1.54) is 53.8 Å². The molecule has 32 heavy (non-hydrogen) atoms. The summed E-state index contributed by atoms with van der Waals surface area (Å²) in [5, 5.41) is 0. The molecule has 0 saturated carbocycles. The van der Waals surface area contributed by atoms with Crippen molar-refractivity contribution in [2.45, 2.75) is 33.1 Å². The fraction of sp³-hybridized carbons (Fsp3) is 0.333. The van der Waals surface area contributed by atoms with Crippen LogP contribution in [0.1, 0.15) is 49.8 Å². The zero-order valence-electron chi connectivity index (χ0n) is 19.5. The number of hydrogen-bond donors (Lipinski definition) is 0. The Bertz CT molecular complexity index is 992. The largest absolute Gasteiger partial charge is 0.492 e. The lowest BCUT2D eigenvalue weighted by Crippen LogP contribution is -2.26. The Morgan fingerprint density at radius 1 is 0.812 bits per heavy atom. The van der Waals surface area contributed by atoms with E-state index in [9.17, 15) is 0 Å². The van der Waals surface area contributed by atoms with Gasteiger partial charge in [-0.2, -0.15) is 0 Å². The van der Waals surface area contributed by atoms with Crippen molar-refractivity contribution in [3.63, 3.8) is 0 Å². The average molecular weight is 426 g/mol. The maximum atomic E-state index is 6.09. The van der Waals surface area contributed by atoms with E-state index in [-0.39, 0.29) is 0 Å². The maximum Gasteiger partial charge on any atom is 0.119 e. The highest BCUT2D eigenvalue weighted by molar-refractivity contribution is 5.98. The van der Waals surface area contributed by atoms with Crippen molar-refractivity contribution in [1.29, 1.82) is 0 Å². The van der Waals surface area contributed by atoms with Crippen molar-refractivity contribution in [2.24, 2.45) is 5.92 Å². The van der Waals surface area contributed by atoms with Crippen LogP contribution >= 0.6 is 0 Å². The van der Waals surface area contributed by atoms with Gasteiger partial charge in [-0.3, -0.25) is 4.90 Å². The first-order valence-corrected chi connectivity index (χ1v) is 12.1. The van der Waals surface area contributed by atoms with Gasteiger partial charge >= 0.3 is 0 Å². The fourth-order valence-corrected chi connectivity index (χ4v) is 4.74. The Morgan fingerprint density at radius 2 is 1.44 bits per heavy atom. The lowest BCUT2D eigenvalue weighted by Gasteiger charge is -2.18. The van der Waals surface area contributed by atoms with Crippen LogP contribution in [0.3, 0.4) is 0 Å². The Balaban J connectivity index is 1.53. The van der Waals surface area contributed by atoms with Gasteiger partial charge in [0.1, 0.15) is 12.4 Å². The summed E-state index contributed by atoms with van der Waals surface area (Å²) in [4.78, 5) is 2.53. The van der Waals surface area contributed by atoms with Crippen LogP contribution in [0.2, 0.25) is 0 Å². The smallest absolute Gasteiger partial charge is 0.119 e. The Morgan fingerprint density at radius 3 is 2.03 bits per heavy atom. The molecule has 1 aliphatic heterocycles. The molecule has 2 nitrogen and oxygen atoms in total. The fourth-order valence-electron chi connectivity index (χ4n) is 4.74. The molecule has 2 heteroatoms. The van der Waals surface area contributed by atoms with E-state index in [0.717, 1.165) is 31.2 Å². The lowest BCUT2D eigenvalue weighted by atomic mass is 9.88. The van der Waals surface area contributed by atoms with Crippen LogP contribution in [0.15, 0.2) is 84.9 Å². The van der Waals surface area contributed by atoms with Crippen molar-refractivity contribution in [3.05, 3.63) is 102 Å². The van der Waals surface area contributed by atoms with Crippen LogP contribution in [0.4, 0.5) is 0 Å². The molecular weight excluding hydrogens is 390 g/mol. The normalized spacial score (nSPS) is 17.2. The monoisotopic (exact) mass is 425 g/mol. The molecule has 0 aliphatic carbocycles. The first-order valence-electron chi connectivity index (χ1n) is 12.1. The van der Waals surface area contributed by atoms with E-state index >= 15 is 0 Å². The number of rotatable bonds is 9. The van der Waals surface area contributed by atoms with E-state index in [4.69, 9.17) is 4.74 Å². The second-order valence-electron chi connectivity index (χ2n) is 8.68. The Kier molecular flexibility index (Phi) is 7.79. The van der Waals surface area contributed by atoms with E-state index in [0.29, 0.717) is 0 Å². The van der Waals surface area contributed by atoms with Gasteiger partial charge in [-0.1, -0.05) is 93.1 Å². The third-order valence-corrected chi connectivity index (χ3v) is 6.61. The van der Waals surface area contributed by atoms with E-state index in [1.807, 2.05) is 0 Å². The number of allylic oxidation sites excluding steroid dienone is 1. The second-order valence-corrected chi connectivity index (χ2v) is 8.68. The number of likely N-dealkylation sites (tertiary alicyclic amines) is 1. The van der Waals surface area contributed by atoms with Crippen molar-refractivity contribution in [1.82, 2.24) is 4.90 Å². The molecule has 0 unspecified atom stereocenters. The molecule has 0 radical (unpaired) electrons. The highest BCUT2D eigenvalue weighted by atomic mass is 16.5. The molecule has 4 rings (SSSR count). The third-order valence-electron chi connectivity index (χ3n) is 6.61. The molecule has 0 amide bonds. The van der Waals surface area contributed by atoms with Gasteiger partial charge in [-0.05, 0) is 65.3 Å². The summed E-state index contributed by atoms with van der Waals surface area (Å²) >= 11 is 0. The summed E-state index contributed by atoms with van der Waals surface area (Å²) in [6.45, 7) is 8.74. The van der Waals surface area contributed by atoms with Crippen molar-refractivity contribution < 1.29 is 4.74 Å². The van der Waals surface area contributed by atoms with Gasteiger partial charge in [-0.25, -0.2) is 0 Å². The lowest BCUT2D eigenvalue weighted by molar-refractivity contribution is 0.232. The van der Waals surface area contributed by atoms with E-state index < -0.39 is 0 Å². The van der Waals surface area contributed by atoms with Crippen molar-refractivity contribution >= 4 is 11.1 Å². The third kappa shape index (κ3) is 5.49. The van der Waals surface area contributed by atoms with Crippen molar-refractivity contribution in [3.8, 4) is 5.75 Å². The number of hydrogen-bond acceptors (Lipinski definition) is 2. The Hall–Kier alpha value is -2.84. The van der Waals surface area contributed by atoms with Gasteiger partial charge in [0, 0.05) is 13.1 Å². The minimum Gasteiger partial charge on any atom is -0.492 e. The molecule has 0 N–H and O–H groups in total. The van der Waals surface area contributed by atoms with Crippen LogP contribution < -0.4 is 4.74 Å². The molecule has 0 aromatic heterocycles. The molecule has 1 fully saturated rings. The molecule has 1 aliphatic rings. The molecule has 1 atom stereocenters. The molecule has 0 bridgehead atoms. The standard InChI is InChI=1S/C30H35NO/c1-3-24-19-20-31(23-24)21-22-32-28-17-15-27(16-18-28)30(26-13-9-6-10-14-26)29(4-2)25-11-7-5-8-12-25/h5-18,24H,3-4,19-23H2,1-2H3/b30-29+/t24-/m0/s1. The number of nitrogens with zero attached hydrogens (tertiary/aromatic N) is 1. The first kappa shape index (κ1) is 22.4. The van der Waals surface area contributed by atoms with Gasteiger partial charge in [0.05, 0.1) is 0 Å². The summed E-state index contributed by atoms with van der Waals surface area (Å²) in [5.41, 5.74) is 6.43. The van der Waals surface area contributed by atoms with Crippen LogP contribution in [-0.2, 0) is 0 Å².